The van der Waals surface area contributed by atoms with E-state index >= 15 is 0 Å². The zero-order valence-electron chi connectivity index (χ0n) is 13.1. The average molecular weight is 310 g/mol. The van der Waals surface area contributed by atoms with Crippen LogP contribution in [-0.4, -0.2) is 38.6 Å². The average Bonchev–Trinajstić information content (AvgIpc) is 2.93. The van der Waals surface area contributed by atoms with Gasteiger partial charge >= 0.3 is 0 Å². The number of pyridine rings is 1. The molecule has 3 rings (SSSR count). The number of nitrogens with zero attached hydrogens (tertiary/aromatic N) is 4. The Bertz CT molecular complexity index is 827. The Morgan fingerprint density at radius 1 is 1.26 bits per heavy atom. The fourth-order valence-corrected chi connectivity index (χ4v) is 2.30. The molecule has 7 heteroatoms. The second-order valence-electron chi connectivity index (χ2n) is 5.26. The summed E-state index contributed by atoms with van der Waals surface area (Å²) in [6.07, 6.45) is 3.46. The molecule has 0 spiro atoms. The number of amides is 1. The van der Waals surface area contributed by atoms with Crippen LogP contribution in [0, 0.1) is 13.8 Å². The SMILES string of the molecule is Cc1cc2nc(C(=O)NCCNc3cccnc3)cc(C)n2n1. The maximum absolute atomic E-state index is 12.2. The minimum absolute atomic E-state index is 0.192. The van der Waals surface area contributed by atoms with Crippen molar-refractivity contribution in [2.75, 3.05) is 18.4 Å². The Labute approximate surface area is 133 Å². The van der Waals surface area contributed by atoms with Crippen molar-refractivity contribution in [3.8, 4) is 0 Å². The molecule has 0 aliphatic rings. The van der Waals surface area contributed by atoms with Gasteiger partial charge in [-0.2, -0.15) is 5.10 Å². The zero-order chi connectivity index (χ0) is 16.2. The highest BCUT2D eigenvalue weighted by atomic mass is 16.1. The monoisotopic (exact) mass is 310 g/mol. The molecule has 2 N–H and O–H groups in total. The molecular weight excluding hydrogens is 292 g/mol. The van der Waals surface area contributed by atoms with Crippen molar-refractivity contribution in [2.24, 2.45) is 0 Å². The summed E-state index contributed by atoms with van der Waals surface area (Å²) in [5, 5.41) is 10.4. The molecule has 118 valence electrons. The van der Waals surface area contributed by atoms with E-state index in [2.05, 4.69) is 25.7 Å². The van der Waals surface area contributed by atoms with E-state index in [9.17, 15) is 4.79 Å². The largest absolute Gasteiger partial charge is 0.382 e. The van der Waals surface area contributed by atoms with Gasteiger partial charge in [0.2, 0.25) is 0 Å². The first-order valence-corrected chi connectivity index (χ1v) is 7.39. The first-order chi connectivity index (χ1) is 11.1. The molecule has 7 nitrogen and oxygen atoms in total. The number of hydrogen-bond acceptors (Lipinski definition) is 5. The van der Waals surface area contributed by atoms with Gasteiger partial charge in [-0.3, -0.25) is 9.78 Å². The van der Waals surface area contributed by atoms with Gasteiger partial charge in [-0.25, -0.2) is 9.50 Å². The van der Waals surface area contributed by atoms with Gasteiger partial charge in [-0.1, -0.05) is 0 Å². The molecule has 3 aromatic heterocycles. The van der Waals surface area contributed by atoms with Crippen LogP contribution >= 0.6 is 0 Å². The summed E-state index contributed by atoms with van der Waals surface area (Å²) in [6, 6.07) is 7.38. The van der Waals surface area contributed by atoms with Gasteiger partial charge in [-0.15, -0.1) is 0 Å². The van der Waals surface area contributed by atoms with Crippen LogP contribution in [0.15, 0.2) is 36.7 Å². The predicted molar refractivity (Wildman–Crippen MR) is 87.5 cm³/mol. The number of hydrogen-bond donors (Lipinski definition) is 2. The fraction of sp³-hybridized carbons (Fsp3) is 0.250. The van der Waals surface area contributed by atoms with Crippen molar-refractivity contribution in [3.05, 3.63) is 53.7 Å². The van der Waals surface area contributed by atoms with E-state index in [-0.39, 0.29) is 5.91 Å². The minimum Gasteiger partial charge on any atom is -0.382 e. The van der Waals surface area contributed by atoms with Gasteiger partial charge in [0.1, 0.15) is 5.69 Å². The molecule has 0 aromatic carbocycles. The van der Waals surface area contributed by atoms with Gasteiger partial charge in [0, 0.05) is 37.2 Å². The molecule has 3 aromatic rings. The standard InChI is InChI=1S/C16H18N6O/c1-11-8-15-20-14(9-12(2)22(15)21-11)16(23)19-7-6-18-13-4-3-5-17-10-13/h3-5,8-10,18H,6-7H2,1-2H3,(H,19,23). The maximum Gasteiger partial charge on any atom is 0.270 e. The van der Waals surface area contributed by atoms with Crippen molar-refractivity contribution < 1.29 is 4.79 Å². The Morgan fingerprint density at radius 2 is 2.13 bits per heavy atom. The second kappa shape index (κ2) is 6.43. The zero-order valence-corrected chi connectivity index (χ0v) is 13.1. The highest BCUT2D eigenvalue weighted by Gasteiger charge is 2.11. The van der Waals surface area contributed by atoms with E-state index < -0.39 is 0 Å². The number of carbonyl (C=O) groups excluding carboxylic acids is 1. The summed E-state index contributed by atoms with van der Waals surface area (Å²) >= 11 is 0. The lowest BCUT2D eigenvalue weighted by atomic mass is 10.3. The lowest BCUT2D eigenvalue weighted by Gasteiger charge is -2.08. The normalized spacial score (nSPS) is 10.7. The van der Waals surface area contributed by atoms with E-state index in [0.717, 1.165) is 17.1 Å². The minimum atomic E-state index is -0.192. The molecule has 1 amide bonds. The van der Waals surface area contributed by atoms with Crippen LogP contribution in [-0.2, 0) is 0 Å². The topological polar surface area (TPSA) is 84.2 Å². The molecule has 23 heavy (non-hydrogen) atoms. The molecule has 0 atom stereocenters. The second-order valence-corrected chi connectivity index (χ2v) is 5.26. The van der Waals surface area contributed by atoms with Crippen molar-refractivity contribution in [2.45, 2.75) is 13.8 Å². The number of anilines is 1. The van der Waals surface area contributed by atoms with Crippen molar-refractivity contribution in [1.29, 1.82) is 0 Å². The Kier molecular flexibility index (Phi) is 4.18. The van der Waals surface area contributed by atoms with Gasteiger partial charge in [0.05, 0.1) is 11.4 Å². The first kappa shape index (κ1) is 15.0. The van der Waals surface area contributed by atoms with Crippen LogP contribution in [0.3, 0.4) is 0 Å². The summed E-state index contributed by atoms with van der Waals surface area (Å²) in [4.78, 5) is 20.6. The summed E-state index contributed by atoms with van der Waals surface area (Å²) < 4.78 is 1.73. The predicted octanol–water partition coefficient (Wildman–Crippen LogP) is 1.58. The molecular formula is C16H18N6O. The van der Waals surface area contributed by atoms with Crippen LogP contribution in [0.25, 0.3) is 5.65 Å². The molecule has 0 fully saturated rings. The molecule has 0 saturated carbocycles. The third kappa shape index (κ3) is 3.45. The molecule has 0 bridgehead atoms. The lowest BCUT2D eigenvalue weighted by Crippen LogP contribution is -2.29. The Balaban J connectivity index is 1.60. The quantitative estimate of drug-likeness (QED) is 0.699. The molecule has 0 aliphatic heterocycles. The number of aryl methyl sites for hydroxylation is 2. The fourth-order valence-electron chi connectivity index (χ4n) is 2.30. The number of nitrogens with one attached hydrogen (secondary N) is 2. The van der Waals surface area contributed by atoms with Crippen molar-refractivity contribution in [1.82, 2.24) is 24.9 Å². The van der Waals surface area contributed by atoms with Crippen LogP contribution in [0.2, 0.25) is 0 Å². The van der Waals surface area contributed by atoms with Crippen molar-refractivity contribution >= 4 is 17.2 Å². The van der Waals surface area contributed by atoms with Crippen molar-refractivity contribution in [3.63, 3.8) is 0 Å². The third-order valence-electron chi connectivity index (χ3n) is 3.36. The van der Waals surface area contributed by atoms with Crippen LogP contribution in [0.4, 0.5) is 5.69 Å². The lowest BCUT2D eigenvalue weighted by molar-refractivity contribution is 0.0950. The van der Waals surface area contributed by atoms with Crippen LogP contribution in [0.5, 0.6) is 0 Å². The highest BCUT2D eigenvalue weighted by Crippen LogP contribution is 2.09. The first-order valence-electron chi connectivity index (χ1n) is 7.39. The highest BCUT2D eigenvalue weighted by molar-refractivity contribution is 5.92. The number of carbonyl (C=O) groups is 1. The molecule has 0 radical (unpaired) electrons. The molecule has 3 heterocycles. The van der Waals surface area contributed by atoms with Crippen LogP contribution in [0.1, 0.15) is 21.9 Å². The smallest absolute Gasteiger partial charge is 0.270 e. The van der Waals surface area contributed by atoms with Crippen LogP contribution < -0.4 is 10.6 Å². The summed E-state index contributed by atoms with van der Waals surface area (Å²) in [5.41, 5.74) is 3.75. The molecule has 0 unspecified atom stereocenters. The Morgan fingerprint density at radius 3 is 2.91 bits per heavy atom. The number of fused-ring (bicyclic) bond motifs is 1. The van der Waals surface area contributed by atoms with E-state index in [1.165, 1.54) is 0 Å². The van der Waals surface area contributed by atoms with E-state index in [0.29, 0.717) is 24.4 Å². The number of aromatic nitrogens is 4. The Hall–Kier alpha value is -2.96. The van der Waals surface area contributed by atoms with Gasteiger partial charge < -0.3 is 10.6 Å². The third-order valence-corrected chi connectivity index (χ3v) is 3.36. The van der Waals surface area contributed by atoms with E-state index in [4.69, 9.17) is 0 Å². The summed E-state index contributed by atoms with van der Waals surface area (Å²) in [7, 11) is 0. The maximum atomic E-state index is 12.2. The van der Waals surface area contributed by atoms with Gasteiger partial charge in [0.15, 0.2) is 5.65 Å². The van der Waals surface area contributed by atoms with Gasteiger partial charge in [-0.05, 0) is 32.0 Å². The van der Waals surface area contributed by atoms with E-state index in [1.807, 2.05) is 32.0 Å². The molecule has 0 aliphatic carbocycles. The van der Waals surface area contributed by atoms with E-state index in [1.54, 1.807) is 23.0 Å². The van der Waals surface area contributed by atoms with Gasteiger partial charge in [0.25, 0.3) is 5.91 Å². The summed E-state index contributed by atoms with van der Waals surface area (Å²) in [6.45, 7) is 4.92. The summed E-state index contributed by atoms with van der Waals surface area (Å²) in [5.74, 6) is -0.192. The molecule has 0 saturated heterocycles. The number of rotatable bonds is 5.